The Morgan fingerprint density at radius 1 is 1.58 bits per heavy atom. The van der Waals surface area contributed by atoms with Crippen molar-refractivity contribution >= 4 is 11.6 Å². The number of hydrogen-bond donors (Lipinski definition) is 1. The molecular formula is C7H5N3O2. The minimum absolute atomic E-state index is 0.147. The third-order valence-corrected chi connectivity index (χ3v) is 1.50. The number of imidazole rings is 1. The molecule has 5 heteroatoms. The molecule has 12 heavy (non-hydrogen) atoms. The second-order valence-corrected chi connectivity index (χ2v) is 2.28. The summed E-state index contributed by atoms with van der Waals surface area (Å²) in [6, 6.07) is 1.47. The fourth-order valence-electron chi connectivity index (χ4n) is 0.927. The average Bonchev–Trinajstić information content (AvgIpc) is 2.49. The van der Waals surface area contributed by atoms with Crippen LogP contribution >= 0.6 is 0 Å². The summed E-state index contributed by atoms with van der Waals surface area (Å²) in [5.41, 5.74) is 0.684. The highest BCUT2D eigenvalue weighted by molar-refractivity contribution is 5.88. The summed E-state index contributed by atoms with van der Waals surface area (Å²) >= 11 is 0. The van der Waals surface area contributed by atoms with Crippen LogP contribution in [0.4, 0.5) is 0 Å². The lowest BCUT2D eigenvalue weighted by Crippen LogP contribution is -1.99. The van der Waals surface area contributed by atoms with Crippen molar-refractivity contribution in [1.29, 1.82) is 0 Å². The van der Waals surface area contributed by atoms with E-state index in [9.17, 15) is 4.79 Å². The lowest BCUT2D eigenvalue weighted by Gasteiger charge is -1.93. The van der Waals surface area contributed by atoms with Gasteiger partial charge in [-0.15, -0.1) is 0 Å². The molecule has 0 aromatic carbocycles. The van der Waals surface area contributed by atoms with Gasteiger partial charge in [0.1, 0.15) is 0 Å². The normalized spacial score (nSPS) is 10.3. The Morgan fingerprint density at radius 2 is 2.42 bits per heavy atom. The van der Waals surface area contributed by atoms with E-state index in [2.05, 4.69) is 10.1 Å². The van der Waals surface area contributed by atoms with E-state index in [1.807, 2.05) is 0 Å². The predicted molar refractivity (Wildman–Crippen MR) is 39.9 cm³/mol. The number of hydrogen-bond acceptors (Lipinski definition) is 3. The molecule has 60 valence electrons. The van der Waals surface area contributed by atoms with Gasteiger partial charge in [-0.25, -0.2) is 14.3 Å². The van der Waals surface area contributed by atoms with E-state index in [-0.39, 0.29) is 5.56 Å². The standard InChI is InChI=1S/C7H5N3O2/c11-7(12)5-3-6-8-1-2-10(6)9-4-5/h1-4H,(H,11,12). The Bertz CT molecular complexity index is 435. The number of carboxylic acids is 1. The summed E-state index contributed by atoms with van der Waals surface area (Å²) in [5, 5.41) is 12.4. The third kappa shape index (κ3) is 0.914. The maximum atomic E-state index is 10.5. The van der Waals surface area contributed by atoms with Crippen molar-refractivity contribution in [3.05, 3.63) is 30.2 Å². The zero-order valence-corrected chi connectivity index (χ0v) is 6.01. The van der Waals surface area contributed by atoms with Gasteiger partial charge in [0.15, 0.2) is 5.65 Å². The maximum absolute atomic E-state index is 10.5. The zero-order chi connectivity index (χ0) is 8.55. The van der Waals surface area contributed by atoms with Gasteiger partial charge in [0.2, 0.25) is 0 Å². The largest absolute Gasteiger partial charge is 0.478 e. The molecule has 0 aliphatic heterocycles. The minimum Gasteiger partial charge on any atom is -0.478 e. The highest BCUT2D eigenvalue weighted by Gasteiger charge is 2.04. The summed E-state index contributed by atoms with van der Waals surface area (Å²) in [4.78, 5) is 14.4. The van der Waals surface area contributed by atoms with E-state index < -0.39 is 5.97 Å². The molecule has 1 N–H and O–H groups in total. The van der Waals surface area contributed by atoms with Gasteiger partial charge in [0, 0.05) is 12.4 Å². The van der Waals surface area contributed by atoms with Crippen molar-refractivity contribution < 1.29 is 9.90 Å². The summed E-state index contributed by atoms with van der Waals surface area (Å²) in [5.74, 6) is -0.993. The molecule has 0 aliphatic rings. The number of carbonyl (C=O) groups is 1. The number of carboxylic acid groups (broad SMARTS) is 1. The Labute approximate surface area is 67.3 Å². The van der Waals surface area contributed by atoms with Crippen molar-refractivity contribution in [2.45, 2.75) is 0 Å². The highest BCUT2D eigenvalue weighted by atomic mass is 16.4. The number of aromatic nitrogens is 3. The van der Waals surface area contributed by atoms with E-state index >= 15 is 0 Å². The van der Waals surface area contributed by atoms with Crippen LogP contribution in [0.1, 0.15) is 10.4 Å². The maximum Gasteiger partial charge on any atom is 0.337 e. The lowest BCUT2D eigenvalue weighted by molar-refractivity contribution is 0.0696. The van der Waals surface area contributed by atoms with Gasteiger partial charge in [-0.1, -0.05) is 0 Å². The van der Waals surface area contributed by atoms with E-state index in [0.717, 1.165) is 0 Å². The van der Waals surface area contributed by atoms with Crippen LogP contribution in [0.25, 0.3) is 5.65 Å². The van der Waals surface area contributed by atoms with Gasteiger partial charge in [-0.05, 0) is 6.07 Å². The Balaban J connectivity index is 2.68. The topological polar surface area (TPSA) is 67.5 Å². The first-order valence-corrected chi connectivity index (χ1v) is 3.30. The number of rotatable bonds is 1. The van der Waals surface area contributed by atoms with Crippen LogP contribution in [-0.4, -0.2) is 25.7 Å². The quantitative estimate of drug-likeness (QED) is 0.661. The van der Waals surface area contributed by atoms with Crippen molar-refractivity contribution in [1.82, 2.24) is 14.6 Å². The van der Waals surface area contributed by atoms with E-state index in [1.165, 1.54) is 16.8 Å². The molecule has 2 aromatic heterocycles. The van der Waals surface area contributed by atoms with Gasteiger partial charge in [0.25, 0.3) is 0 Å². The molecule has 0 saturated carbocycles. The van der Waals surface area contributed by atoms with E-state index in [4.69, 9.17) is 5.11 Å². The summed E-state index contributed by atoms with van der Waals surface area (Å²) in [6.45, 7) is 0. The Morgan fingerprint density at radius 3 is 3.17 bits per heavy atom. The van der Waals surface area contributed by atoms with Gasteiger partial charge >= 0.3 is 5.97 Å². The molecule has 2 rings (SSSR count). The molecule has 5 nitrogen and oxygen atoms in total. The zero-order valence-electron chi connectivity index (χ0n) is 6.01. The monoisotopic (exact) mass is 163 g/mol. The summed E-state index contributed by atoms with van der Waals surface area (Å²) < 4.78 is 1.51. The van der Waals surface area contributed by atoms with Crippen LogP contribution in [0, 0.1) is 0 Å². The van der Waals surface area contributed by atoms with Gasteiger partial charge in [-0.3, -0.25) is 0 Å². The fraction of sp³-hybridized carbons (Fsp3) is 0. The van der Waals surface area contributed by atoms with Crippen LogP contribution in [0.15, 0.2) is 24.7 Å². The molecule has 2 aromatic rings. The molecule has 0 radical (unpaired) electrons. The minimum atomic E-state index is -0.993. The number of aromatic carboxylic acids is 1. The average molecular weight is 163 g/mol. The predicted octanol–water partition coefficient (Wildman–Crippen LogP) is 0.427. The van der Waals surface area contributed by atoms with Crippen molar-refractivity contribution in [3.63, 3.8) is 0 Å². The fourth-order valence-corrected chi connectivity index (χ4v) is 0.927. The van der Waals surface area contributed by atoms with Crippen LogP contribution in [0.5, 0.6) is 0 Å². The van der Waals surface area contributed by atoms with Crippen molar-refractivity contribution in [3.8, 4) is 0 Å². The highest BCUT2D eigenvalue weighted by Crippen LogP contribution is 2.01. The first kappa shape index (κ1) is 6.78. The van der Waals surface area contributed by atoms with Gasteiger partial charge in [0.05, 0.1) is 11.8 Å². The second kappa shape index (κ2) is 2.30. The molecule has 2 heterocycles. The Hall–Kier alpha value is -1.91. The second-order valence-electron chi connectivity index (χ2n) is 2.28. The van der Waals surface area contributed by atoms with Gasteiger partial charge in [-0.2, -0.15) is 5.10 Å². The molecule has 0 amide bonds. The molecule has 0 fully saturated rings. The molecule has 0 aliphatic carbocycles. The van der Waals surface area contributed by atoms with Crippen LogP contribution < -0.4 is 0 Å². The molecular weight excluding hydrogens is 158 g/mol. The number of nitrogens with zero attached hydrogens (tertiary/aromatic N) is 3. The van der Waals surface area contributed by atoms with Crippen LogP contribution in [0.3, 0.4) is 0 Å². The van der Waals surface area contributed by atoms with E-state index in [1.54, 1.807) is 12.4 Å². The lowest BCUT2D eigenvalue weighted by atomic mass is 10.3. The van der Waals surface area contributed by atoms with Crippen molar-refractivity contribution in [2.24, 2.45) is 0 Å². The third-order valence-electron chi connectivity index (χ3n) is 1.50. The SMILES string of the molecule is O=C(O)c1cnn2ccnc2c1. The van der Waals surface area contributed by atoms with E-state index in [0.29, 0.717) is 5.65 Å². The Kier molecular flexibility index (Phi) is 1.30. The van der Waals surface area contributed by atoms with Gasteiger partial charge < -0.3 is 5.11 Å². The first-order valence-electron chi connectivity index (χ1n) is 3.30. The van der Waals surface area contributed by atoms with Crippen LogP contribution in [-0.2, 0) is 0 Å². The summed E-state index contributed by atoms with van der Waals surface area (Å²) in [7, 11) is 0. The summed E-state index contributed by atoms with van der Waals surface area (Å²) in [6.07, 6.45) is 4.51. The molecule has 0 unspecified atom stereocenters. The molecule has 0 bridgehead atoms. The number of fused-ring (bicyclic) bond motifs is 1. The van der Waals surface area contributed by atoms with Crippen LogP contribution in [0.2, 0.25) is 0 Å². The van der Waals surface area contributed by atoms with Crippen molar-refractivity contribution in [2.75, 3.05) is 0 Å². The molecule has 0 saturated heterocycles. The molecule has 0 atom stereocenters. The first-order chi connectivity index (χ1) is 5.77. The molecule has 0 spiro atoms. The smallest absolute Gasteiger partial charge is 0.337 e.